The van der Waals surface area contributed by atoms with Gasteiger partial charge in [0.05, 0.1) is 19.3 Å². The Balaban J connectivity index is 1.44. The number of ether oxygens (including phenoxy) is 1. The number of nitrogens with one attached hydrogen (secondary N) is 1. The van der Waals surface area contributed by atoms with E-state index in [1.807, 2.05) is 61.8 Å². The maximum absolute atomic E-state index is 12.8. The minimum Gasteiger partial charge on any atom is -0.379 e. The summed E-state index contributed by atoms with van der Waals surface area (Å²) in [5.74, 6) is -0.0444. The number of aromatic nitrogens is 1. The summed E-state index contributed by atoms with van der Waals surface area (Å²) in [6.07, 6.45) is 2.05. The van der Waals surface area contributed by atoms with Gasteiger partial charge >= 0.3 is 0 Å². The summed E-state index contributed by atoms with van der Waals surface area (Å²) in [5, 5.41) is 3.14. The van der Waals surface area contributed by atoms with Crippen molar-refractivity contribution in [2.75, 3.05) is 32.8 Å². The highest BCUT2D eigenvalue weighted by Crippen LogP contribution is 2.22. The Bertz CT molecular complexity index is 928. The molecular weight excluding hydrogens is 362 g/mol. The molecule has 0 saturated carbocycles. The summed E-state index contributed by atoms with van der Waals surface area (Å²) < 4.78 is 7.63. The lowest BCUT2D eigenvalue weighted by molar-refractivity contribution is 0.0148. The maximum Gasteiger partial charge on any atom is 0.251 e. The lowest BCUT2D eigenvalue weighted by Gasteiger charge is -2.35. The zero-order valence-corrected chi connectivity index (χ0v) is 16.8. The second-order valence-corrected chi connectivity index (χ2v) is 7.36. The number of benzene rings is 2. The van der Waals surface area contributed by atoms with Crippen molar-refractivity contribution in [3.05, 3.63) is 84.2 Å². The average molecular weight is 389 g/mol. The van der Waals surface area contributed by atoms with E-state index < -0.39 is 0 Å². The molecule has 2 heterocycles. The van der Waals surface area contributed by atoms with Crippen molar-refractivity contribution in [3.63, 3.8) is 0 Å². The predicted octanol–water partition coefficient (Wildman–Crippen LogP) is 3.50. The first kappa shape index (κ1) is 19.4. The Hall–Kier alpha value is -2.89. The van der Waals surface area contributed by atoms with Gasteiger partial charge in [0.25, 0.3) is 5.91 Å². The van der Waals surface area contributed by atoms with E-state index in [-0.39, 0.29) is 11.9 Å². The largest absolute Gasteiger partial charge is 0.379 e. The summed E-state index contributed by atoms with van der Waals surface area (Å²) in [5.41, 5.74) is 4.14. The lowest BCUT2D eigenvalue weighted by atomic mass is 10.0. The molecule has 5 nitrogen and oxygen atoms in total. The zero-order chi connectivity index (χ0) is 20.1. The van der Waals surface area contributed by atoms with Gasteiger partial charge in [0.15, 0.2) is 0 Å². The number of aryl methyl sites for hydroxylation is 1. The van der Waals surface area contributed by atoms with Crippen molar-refractivity contribution in [2.45, 2.75) is 6.04 Å². The van der Waals surface area contributed by atoms with Gasteiger partial charge in [-0.25, -0.2) is 0 Å². The Morgan fingerprint density at radius 1 is 0.966 bits per heavy atom. The first-order chi connectivity index (χ1) is 14.2. The van der Waals surface area contributed by atoms with E-state index in [1.165, 1.54) is 5.69 Å². The highest BCUT2D eigenvalue weighted by Gasteiger charge is 2.25. The normalized spacial score (nSPS) is 15.8. The van der Waals surface area contributed by atoms with Gasteiger partial charge in [-0.1, -0.05) is 42.5 Å². The van der Waals surface area contributed by atoms with Crippen LogP contribution in [0.15, 0.2) is 72.9 Å². The SMILES string of the molecule is Cn1cccc1C(CNC(=O)c1ccc(-c2ccccc2)cc1)N1CCOCC1. The Morgan fingerprint density at radius 2 is 1.66 bits per heavy atom. The van der Waals surface area contributed by atoms with Gasteiger partial charge in [-0.15, -0.1) is 0 Å². The van der Waals surface area contributed by atoms with Crippen molar-refractivity contribution >= 4 is 5.91 Å². The van der Waals surface area contributed by atoms with E-state index in [4.69, 9.17) is 4.74 Å². The first-order valence-corrected chi connectivity index (χ1v) is 10.1. The summed E-state index contributed by atoms with van der Waals surface area (Å²) in [6, 6.07) is 22.3. The third-order valence-corrected chi connectivity index (χ3v) is 5.52. The molecule has 1 aliphatic heterocycles. The molecule has 29 heavy (non-hydrogen) atoms. The van der Waals surface area contributed by atoms with Crippen molar-refractivity contribution in [1.29, 1.82) is 0 Å². The van der Waals surface area contributed by atoms with Crippen LogP contribution < -0.4 is 5.32 Å². The lowest BCUT2D eigenvalue weighted by Crippen LogP contribution is -2.44. The minimum atomic E-state index is -0.0444. The Morgan fingerprint density at radius 3 is 2.31 bits per heavy atom. The van der Waals surface area contributed by atoms with Crippen LogP contribution in [-0.4, -0.2) is 48.2 Å². The monoisotopic (exact) mass is 389 g/mol. The maximum atomic E-state index is 12.8. The smallest absolute Gasteiger partial charge is 0.251 e. The van der Waals surface area contributed by atoms with Gasteiger partial charge in [0.2, 0.25) is 0 Å². The first-order valence-electron chi connectivity index (χ1n) is 10.1. The van der Waals surface area contributed by atoms with E-state index in [0.29, 0.717) is 12.1 Å². The molecule has 1 aromatic heterocycles. The summed E-state index contributed by atoms with van der Waals surface area (Å²) in [6.45, 7) is 3.78. The van der Waals surface area contributed by atoms with Crippen LogP contribution in [0.2, 0.25) is 0 Å². The quantitative estimate of drug-likeness (QED) is 0.702. The van der Waals surface area contributed by atoms with Crippen molar-refractivity contribution in [1.82, 2.24) is 14.8 Å². The predicted molar refractivity (Wildman–Crippen MR) is 115 cm³/mol. The second kappa shape index (κ2) is 9.07. The number of amides is 1. The molecule has 1 unspecified atom stereocenters. The van der Waals surface area contributed by atoms with Crippen LogP contribution in [-0.2, 0) is 11.8 Å². The molecule has 1 amide bonds. The van der Waals surface area contributed by atoms with Gasteiger partial charge in [0.1, 0.15) is 0 Å². The third kappa shape index (κ3) is 4.58. The summed E-state index contributed by atoms with van der Waals surface area (Å²) in [4.78, 5) is 15.2. The molecule has 2 aromatic carbocycles. The Kier molecular flexibility index (Phi) is 6.08. The summed E-state index contributed by atoms with van der Waals surface area (Å²) >= 11 is 0. The molecule has 5 heteroatoms. The highest BCUT2D eigenvalue weighted by atomic mass is 16.5. The number of nitrogens with zero attached hydrogens (tertiary/aromatic N) is 2. The van der Waals surface area contributed by atoms with E-state index in [0.717, 1.165) is 37.4 Å². The van der Waals surface area contributed by atoms with Gasteiger partial charge in [-0.05, 0) is 35.4 Å². The fourth-order valence-corrected chi connectivity index (χ4v) is 3.87. The van der Waals surface area contributed by atoms with Crippen molar-refractivity contribution in [3.8, 4) is 11.1 Å². The molecule has 1 aliphatic rings. The van der Waals surface area contributed by atoms with E-state index >= 15 is 0 Å². The van der Waals surface area contributed by atoms with Gasteiger partial charge in [-0.3, -0.25) is 9.69 Å². The number of rotatable bonds is 6. The molecule has 1 fully saturated rings. The number of morpholine rings is 1. The van der Waals surface area contributed by atoms with Gasteiger partial charge in [-0.2, -0.15) is 0 Å². The van der Waals surface area contributed by atoms with Crippen LogP contribution in [0.25, 0.3) is 11.1 Å². The van der Waals surface area contributed by atoms with Crippen LogP contribution in [0.5, 0.6) is 0 Å². The van der Waals surface area contributed by atoms with E-state index in [1.54, 1.807) is 0 Å². The molecular formula is C24H27N3O2. The Labute approximate surface area is 171 Å². The average Bonchev–Trinajstić information content (AvgIpc) is 3.21. The zero-order valence-electron chi connectivity index (χ0n) is 16.8. The number of hydrogen-bond donors (Lipinski definition) is 1. The van der Waals surface area contributed by atoms with Crippen LogP contribution in [0.4, 0.5) is 0 Å². The molecule has 1 saturated heterocycles. The highest BCUT2D eigenvalue weighted by molar-refractivity contribution is 5.94. The van der Waals surface area contributed by atoms with Crippen molar-refractivity contribution < 1.29 is 9.53 Å². The van der Waals surface area contributed by atoms with E-state index in [9.17, 15) is 4.79 Å². The number of hydrogen-bond acceptors (Lipinski definition) is 3. The molecule has 3 aromatic rings. The molecule has 1 atom stereocenters. The van der Waals surface area contributed by atoms with Crippen molar-refractivity contribution in [2.24, 2.45) is 7.05 Å². The molecule has 4 rings (SSSR count). The van der Waals surface area contributed by atoms with Crippen LogP contribution in [0, 0.1) is 0 Å². The molecule has 0 aliphatic carbocycles. The molecule has 150 valence electrons. The van der Waals surface area contributed by atoms with Gasteiger partial charge in [0, 0.05) is 44.1 Å². The number of carbonyl (C=O) groups is 1. The molecule has 0 radical (unpaired) electrons. The van der Waals surface area contributed by atoms with Crippen LogP contribution in [0.3, 0.4) is 0 Å². The minimum absolute atomic E-state index is 0.0444. The standard InChI is InChI=1S/C24H27N3O2/c1-26-13-5-8-22(26)23(27-14-16-29-17-15-27)18-25-24(28)21-11-9-20(10-12-21)19-6-3-2-4-7-19/h2-13,23H,14-18H2,1H3,(H,25,28). The van der Waals surface area contributed by atoms with Crippen LogP contribution in [0.1, 0.15) is 22.1 Å². The fraction of sp³-hybridized carbons (Fsp3) is 0.292. The third-order valence-electron chi connectivity index (χ3n) is 5.52. The topological polar surface area (TPSA) is 46.5 Å². The second-order valence-electron chi connectivity index (χ2n) is 7.36. The van der Waals surface area contributed by atoms with Crippen LogP contribution >= 0.6 is 0 Å². The summed E-state index contributed by atoms with van der Waals surface area (Å²) in [7, 11) is 2.05. The molecule has 0 bridgehead atoms. The fourth-order valence-electron chi connectivity index (χ4n) is 3.87. The van der Waals surface area contributed by atoms with Gasteiger partial charge < -0.3 is 14.6 Å². The van der Waals surface area contributed by atoms with E-state index in [2.05, 4.69) is 33.0 Å². The number of carbonyl (C=O) groups excluding carboxylic acids is 1. The molecule has 0 spiro atoms. The molecule has 1 N–H and O–H groups in total.